The van der Waals surface area contributed by atoms with Gasteiger partial charge in [-0.1, -0.05) is 12.1 Å². The van der Waals surface area contributed by atoms with Gasteiger partial charge in [0.25, 0.3) is 0 Å². The van der Waals surface area contributed by atoms with Gasteiger partial charge in [-0.3, -0.25) is 10.1 Å². The van der Waals surface area contributed by atoms with Crippen LogP contribution in [0.15, 0.2) is 18.2 Å². The van der Waals surface area contributed by atoms with Crippen LogP contribution in [0.25, 0.3) is 0 Å². The van der Waals surface area contributed by atoms with Gasteiger partial charge in [-0.2, -0.15) is 15.0 Å². The fourth-order valence-electron chi connectivity index (χ4n) is 1.61. The number of nitro benzene ring substituents is 1. The van der Waals surface area contributed by atoms with E-state index in [9.17, 15) is 10.1 Å². The minimum absolute atomic E-state index is 0.0278. The lowest BCUT2D eigenvalue weighted by molar-refractivity contribution is -0.385. The lowest BCUT2D eigenvalue weighted by Crippen LogP contribution is -2.15. The Morgan fingerprint density at radius 2 is 2.00 bits per heavy atom. The first-order chi connectivity index (χ1) is 9.88. The summed E-state index contributed by atoms with van der Waals surface area (Å²) in [5.74, 6) is 0.353. The van der Waals surface area contributed by atoms with Gasteiger partial charge in [0.2, 0.25) is 17.6 Å². The molecule has 9 nitrogen and oxygen atoms in total. The van der Waals surface area contributed by atoms with E-state index in [1.54, 1.807) is 38.1 Å². The molecule has 0 aliphatic heterocycles. The zero-order valence-electron chi connectivity index (χ0n) is 11.8. The third kappa shape index (κ3) is 3.14. The first-order valence-corrected chi connectivity index (χ1v) is 5.99. The Balaban J connectivity index is 2.45. The van der Waals surface area contributed by atoms with Crippen LogP contribution in [0.2, 0.25) is 0 Å². The third-order valence-electron chi connectivity index (χ3n) is 2.60. The molecule has 1 heterocycles. The van der Waals surface area contributed by atoms with Crippen molar-refractivity contribution in [1.29, 1.82) is 0 Å². The van der Waals surface area contributed by atoms with Crippen molar-refractivity contribution in [2.75, 3.05) is 24.7 Å². The number of anilines is 2. The summed E-state index contributed by atoms with van der Waals surface area (Å²) in [6, 6.07) is 4.52. The number of hydrogen-bond donors (Lipinski definition) is 1. The maximum Gasteiger partial charge on any atom is 0.328 e. The number of hydrogen-bond acceptors (Lipinski definition) is 8. The number of nitrogens with two attached hydrogens (primary N) is 1. The van der Waals surface area contributed by atoms with E-state index in [4.69, 9.17) is 10.5 Å². The van der Waals surface area contributed by atoms with Crippen molar-refractivity contribution in [3.05, 3.63) is 33.9 Å². The Morgan fingerprint density at radius 3 is 2.62 bits per heavy atom. The monoisotopic (exact) mass is 290 g/mol. The largest absolute Gasteiger partial charge is 0.416 e. The second-order valence-corrected chi connectivity index (χ2v) is 4.45. The molecular weight excluding hydrogens is 276 g/mol. The minimum atomic E-state index is -0.528. The SMILES string of the molecule is Cc1cccc([N+](=O)[O-])c1Oc1nc(N)nc(N(C)C)n1. The lowest BCUT2D eigenvalue weighted by Gasteiger charge is -2.12. The Kier molecular flexibility index (Phi) is 3.83. The lowest BCUT2D eigenvalue weighted by atomic mass is 10.2. The minimum Gasteiger partial charge on any atom is -0.416 e. The Morgan fingerprint density at radius 1 is 1.29 bits per heavy atom. The molecule has 110 valence electrons. The number of aromatic nitrogens is 3. The normalized spacial score (nSPS) is 10.2. The van der Waals surface area contributed by atoms with Crippen LogP contribution in [-0.2, 0) is 0 Å². The van der Waals surface area contributed by atoms with E-state index >= 15 is 0 Å². The summed E-state index contributed by atoms with van der Waals surface area (Å²) in [5, 5.41) is 11.0. The molecule has 0 amide bonds. The van der Waals surface area contributed by atoms with Crippen molar-refractivity contribution >= 4 is 17.6 Å². The van der Waals surface area contributed by atoms with Gasteiger partial charge in [-0.25, -0.2) is 0 Å². The molecule has 0 fully saturated rings. The second-order valence-electron chi connectivity index (χ2n) is 4.45. The highest BCUT2D eigenvalue weighted by molar-refractivity contribution is 5.52. The van der Waals surface area contributed by atoms with Gasteiger partial charge in [0.05, 0.1) is 4.92 Å². The zero-order chi connectivity index (χ0) is 15.6. The standard InChI is InChI=1S/C12H14N6O3/c1-7-5-4-6-8(18(19)20)9(7)21-12-15-10(13)14-11(16-12)17(2)3/h4-6H,1-3H3,(H2,13,14,15,16). The highest BCUT2D eigenvalue weighted by atomic mass is 16.6. The molecule has 9 heteroatoms. The summed E-state index contributed by atoms with van der Waals surface area (Å²) in [5.41, 5.74) is 6.01. The molecule has 0 aliphatic rings. The number of rotatable bonds is 4. The summed E-state index contributed by atoms with van der Waals surface area (Å²) in [4.78, 5) is 23.9. The Hall–Kier alpha value is -2.97. The first kappa shape index (κ1) is 14.4. The molecule has 0 saturated heterocycles. The van der Waals surface area contributed by atoms with Gasteiger partial charge in [0, 0.05) is 20.2 Å². The molecule has 21 heavy (non-hydrogen) atoms. The van der Waals surface area contributed by atoms with Crippen molar-refractivity contribution in [2.45, 2.75) is 6.92 Å². The molecule has 2 aromatic rings. The molecule has 0 radical (unpaired) electrons. The quantitative estimate of drug-likeness (QED) is 0.664. The van der Waals surface area contributed by atoms with E-state index in [1.807, 2.05) is 0 Å². The van der Waals surface area contributed by atoms with Gasteiger partial charge >= 0.3 is 11.7 Å². The summed E-state index contributed by atoms with van der Waals surface area (Å²) in [6.45, 7) is 1.69. The molecule has 0 atom stereocenters. The molecule has 0 aliphatic carbocycles. The highest BCUT2D eigenvalue weighted by Gasteiger charge is 2.19. The zero-order valence-corrected chi connectivity index (χ0v) is 11.8. The third-order valence-corrected chi connectivity index (χ3v) is 2.60. The number of nitrogen functional groups attached to an aromatic ring is 1. The molecule has 2 rings (SSSR count). The highest BCUT2D eigenvalue weighted by Crippen LogP contribution is 2.33. The smallest absolute Gasteiger partial charge is 0.328 e. The van der Waals surface area contributed by atoms with Crippen LogP contribution in [0.3, 0.4) is 0 Å². The number of aryl methyl sites for hydroxylation is 1. The molecule has 2 N–H and O–H groups in total. The number of benzene rings is 1. The van der Waals surface area contributed by atoms with Gasteiger partial charge < -0.3 is 15.4 Å². The second kappa shape index (κ2) is 5.57. The van der Waals surface area contributed by atoms with E-state index in [1.165, 1.54) is 6.07 Å². The van der Waals surface area contributed by atoms with Crippen LogP contribution in [0.4, 0.5) is 17.6 Å². The summed E-state index contributed by atoms with van der Waals surface area (Å²) in [6.07, 6.45) is 0. The first-order valence-electron chi connectivity index (χ1n) is 5.99. The number of ether oxygens (including phenoxy) is 1. The van der Waals surface area contributed by atoms with Crippen molar-refractivity contribution in [3.63, 3.8) is 0 Å². The molecule has 1 aromatic heterocycles. The van der Waals surface area contributed by atoms with Crippen molar-refractivity contribution < 1.29 is 9.66 Å². The van der Waals surface area contributed by atoms with Gasteiger partial charge in [-0.05, 0) is 12.5 Å². The van der Waals surface area contributed by atoms with Gasteiger partial charge in [0.15, 0.2) is 0 Å². The van der Waals surface area contributed by atoms with E-state index < -0.39 is 4.92 Å². The van der Waals surface area contributed by atoms with Crippen molar-refractivity contribution in [1.82, 2.24) is 15.0 Å². The van der Waals surface area contributed by atoms with Crippen LogP contribution >= 0.6 is 0 Å². The fourth-order valence-corrected chi connectivity index (χ4v) is 1.61. The van der Waals surface area contributed by atoms with E-state index in [-0.39, 0.29) is 23.4 Å². The molecule has 0 bridgehead atoms. The van der Waals surface area contributed by atoms with Crippen LogP contribution in [0, 0.1) is 17.0 Å². The Bertz CT molecular complexity index is 689. The summed E-state index contributed by atoms with van der Waals surface area (Å²) >= 11 is 0. The summed E-state index contributed by atoms with van der Waals surface area (Å²) < 4.78 is 5.46. The molecular formula is C12H14N6O3. The van der Waals surface area contributed by atoms with Gasteiger partial charge in [0.1, 0.15) is 0 Å². The number of nitrogens with zero attached hydrogens (tertiary/aromatic N) is 5. The van der Waals surface area contributed by atoms with E-state index in [0.717, 1.165) is 0 Å². The molecule has 0 spiro atoms. The number of nitro groups is 1. The molecule has 0 unspecified atom stereocenters. The van der Waals surface area contributed by atoms with Gasteiger partial charge in [-0.15, -0.1) is 0 Å². The summed E-state index contributed by atoms with van der Waals surface area (Å²) in [7, 11) is 3.46. The topological polar surface area (TPSA) is 120 Å². The maximum atomic E-state index is 11.0. The van der Waals surface area contributed by atoms with Crippen LogP contribution in [0.5, 0.6) is 11.8 Å². The maximum absolute atomic E-state index is 11.0. The van der Waals surface area contributed by atoms with Crippen LogP contribution in [-0.4, -0.2) is 34.0 Å². The van der Waals surface area contributed by atoms with Crippen LogP contribution < -0.4 is 15.4 Å². The predicted octanol–water partition coefficient (Wildman–Crippen LogP) is 1.53. The Labute approximate surface area is 120 Å². The van der Waals surface area contributed by atoms with Crippen molar-refractivity contribution in [3.8, 4) is 11.8 Å². The van der Waals surface area contributed by atoms with Crippen molar-refractivity contribution in [2.24, 2.45) is 0 Å². The average molecular weight is 290 g/mol. The van der Waals surface area contributed by atoms with Crippen LogP contribution in [0.1, 0.15) is 5.56 Å². The average Bonchev–Trinajstić information content (AvgIpc) is 2.40. The fraction of sp³-hybridized carbons (Fsp3) is 0.250. The van der Waals surface area contributed by atoms with E-state index in [2.05, 4.69) is 15.0 Å². The predicted molar refractivity (Wildman–Crippen MR) is 76.5 cm³/mol. The molecule has 1 aromatic carbocycles. The number of para-hydroxylation sites is 1. The molecule has 0 saturated carbocycles. The van der Waals surface area contributed by atoms with E-state index in [0.29, 0.717) is 11.5 Å².